The first-order valence-corrected chi connectivity index (χ1v) is 8.13. The summed E-state index contributed by atoms with van der Waals surface area (Å²) in [5, 5.41) is 10.2. The maximum atomic E-state index is 9.62. The smallest absolute Gasteiger partial charge is 0.189 e. The molecular formula is C19H14ClN3O2. The van der Waals surface area contributed by atoms with Crippen molar-refractivity contribution in [3.05, 3.63) is 57.9 Å². The Hall–Kier alpha value is -2.81. The predicted octanol–water partition coefficient (Wildman–Crippen LogP) is 4.46. The van der Waals surface area contributed by atoms with Gasteiger partial charge in [0.25, 0.3) is 0 Å². The van der Waals surface area contributed by atoms with Gasteiger partial charge in [-0.3, -0.25) is 0 Å². The van der Waals surface area contributed by atoms with Gasteiger partial charge in [0, 0.05) is 16.1 Å². The van der Waals surface area contributed by atoms with Crippen molar-refractivity contribution in [2.24, 2.45) is 0 Å². The Morgan fingerprint density at radius 2 is 2.24 bits per heavy atom. The molecule has 0 saturated heterocycles. The summed E-state index contributed by atoms with van der Waals surface area (Å²) in [4.78, 5) is 7.71. The summed E-state index contributed by atoms with van der Waals surface area (Å²) in [6, 6.07) is 11.7. The third-order valence-electron chi connectivity index (χ3n) is 4.02. The van der Waals surface area contributed by atoms with Gasteiger partial charge in [-0.15, -0.1) is 0 Å². The second-order valence-electron chi connectivity index (χ2n) is 5.87. The molecule has 1 aromatic heterocycles. The van der Waals surface area contributed by atoms with E-state index in [4.69, 9.17) is 21.1 Å². The molecule has 5 nitrogen and oxygen atoms in total. The lowest BCUT2D eigenvalue weighted by atomic mass is 10.1. The number of nitrogens with zero attached hydrogens (tertiary/aromatic N) is 2. The van der Waals surface area contributed by atoms with E-state index in [-0.39, 0.29) is 6.79 Å². The van der Waals surface area contributed by atoms with Crippen LogP contribution in [0.3, 0.4) is 0 Å². The van der Waals surface area contributed by atoms with E-state index in [2.05, 4.69) is 16.0 Å². The minimum absolute atomic E-state index is 0.182. The summed E-state index contributed by atoms with van der Waals surface area (Å²) >= 11 is 6.19. The van der Waals surface area contributed by atoms with E-state index in [1.54, 1.807) is 12.1 Å². The van der Waals surface area contributed by atoms with Crippen molar-refractivity contribution in [1.29, 1.82) is 5.26 Å². The summed E-state index contributed by atoms with van der Waals surface area (Å²) in [7, 11) is 0. The second-order valence-corrected chi connectivity index (χ2v) is 6.31. The van der Waals surface area contributed by atoms with E-state index in [9.17, 15) is 5.26 Å². The summed E-state index contributed by atoms with van der Waals surface area (Å²) in [5.41, 5.74) is 4.85. The Morgan fingerprint density at radius 1 is 1.36 bits per heavy atom. The number of ether oxygens (including phenoxy) is 2. The number of hydrogen-bond donors (Lipinski definition) is 1. The van der Waals surface area contributed by atoms with Crippen LogP contribution in [-0.4, -0.2) is 16.8 Å². The number of H-pyrrole nitrogens is 1. The van der Waals surface area contributed by atoms with Gasteiger partial charge in [0.15, 0.2) is 6.79 Å². The molecule has 1 aliphatic rings. The second kappa shape index (κ2) is 6.25. The minimum Gasteiger partial charge on any atom is -0.467 e. The molecule has 0 radical (unpaired) electrons. The van der Waals surface area contributed by atoms with Crippen molar-refractivity contribution in [3.63, 3.8) is 0 Å². The van der Waals surface area contributed by atoms with Crippen molar-refractivity contribution >= 4 is 34.3 Å². The number of rotatable bonds is 2. The third kappa shape index (κ3) is 2.98. The molecule has 0 atom stereocenters. The minimum atomic E-state index is 0.182. The Balaban J connectivity index is 1.83. The number of halogens is 1. The van der Waals surface area contributed by atoms with Crippen LogP contribution in [0.1, 0.15) is 22.5 Å². The molecule has 1 aliphatic heterocycles. The van der Waals surface area contributed by atoms with Gasteiger partial charge < -0.3 is 14.5 Å². The van der Waals surface area contributed by atoms with Crippen LogP contribution < -0.4 is 4.74 Å². The van der Waals surface area contributed by atoms with E-state index < -0.39 is 0 Å². The largest absolute Gasteiger partial charge is 0.467 e. The zero-order valence-corrected chi connectivity index (χ0v) is 14.2. The molecule has 0 saturated carbocycles. The SMILES string of the molecule is Cc1ccc2nc(/C(C#N)=C\c3cc(Cl)cc4c3OCOC4)[nH]c2c1. The van der Waals surface area contributed by atoms with Gasteiger partial charge in [0.2, 0.25) is 0 Å². The lowest BCUT2D eigenvalue weighted by Crippen LogP contribution is -2.12. The Bertz CT molecular complexity index is 1050. The number of imidazole rings is 1. The molecule has 0 aliphatic carbocycles. The number of nitriles is 1. The van der Waals surface area contributed by atoms with Gasteiger partial charge in [-0.25, -0.2) is 4.98 Å². The molecule has 0 bridgehead atoms. The van der Waals surface area contributed by atoms with Crippen molar-refractivity contribution in [2.75, 3.05) is 6.79 Å². The van der Waals surface area contributed by atoms with Gasteiger partial charge >= 0.3 is 0 Å². The highest BCUT2D eigenvalue weighted by atomic mass is 35.5. The van der Waals surface area contributed by atoms with Gasteiger partial charge in [-0.1, -0.05) is 17.7 Å². The quantitative estimate of drug-likeness (QED) is 0.692. The summed E-state index contributed by atoms with van der Waals surface area (Å²) in [5.74, 6) is 1.21. The molecule has 6 heteroatoms. The van der Waals surface area contributed by atoms with Crippen LogP contribution in [0, 0.1) is 18.3 Å². The Morgan fingerprint density at radius 3 is 3.08 bits per heavy atom. The number of hydrogen-bond acceptors (Lipinski definition) is 4. The van der Waals surface area contributed by atoms with Crippen molar-refractivity contribution in [2.45, 2.75) is 13.5 Å². The molecule has 124 valence electrons. The lowest BCUT2D eigenvalue weighted by molar-refractivity contribution is -0.0165. The number of aromatic amines is 1. The van der Waals surface area contributed by atoms with E-state index in [0.717, 1.165) is 27.7 Å². The van der Waals surface area contributed by atoms with Gasteiger partial charge in [-0.05, 0) is 42.8 Å². The molecule has 25 heavy (non-hydrogen) atoms. The summed E-state index contributed by atoms with van der Waals surface area (Å²) in [6.45, 7) is 2.63. The summed E-state index contributed by atoms with van der Waals surface area (Å²) in [6.07, 6.45) is 1.74. The monoisotopic (exact) mass is 351 g/mol. The van der Waals surface area contributed by atoms with Crippen LogP contribution in [0.5, 0.6) is 5.75 Å². The number of aryl methyl sites for hydroxylation is 1. The normalized spacial score (nSPS) is 14.0. The maximum absolute atomic E-state index is 9.62. The number of aromatic nitrogens is 2. The molecule has 1 N–H and O–H groups in total. The molecule has 2 heterocycles. The molecular weight excluding hydrogens is 338 g/mol. The summed E-state index contributed by atoms with van der Waals surface area (Å²) < 4.78 is 10.9. The van der Waals surface area contributed by atoms with Crippen LogP contribution in [0.4, 0.5) is 0 Å². The molecule has 0 spiro atoms. The fourth-order valence-corrected chi connectivity index (χ4v) is 3.13. The number of benzene rings is 2. The van der Waals surface area contributed by atoms with Gasteiger partial charge in [0.05, 0.1) is 23.2 Å². The first-order valence-electron chi connectivity index (χ1n) is 7.75. The average molecular weight is 352 g/mol. The Kier molecular flexibility index (Phi) is 3.92. The highest BCUT2D eigenvalue weighted by molar-refractivity contribution is 6.31. The molecule has 3 aromatic rings. The number of nitrogens with one attached hydrogen (secondary N) is 1. The van der Waals surface area contributed by atoms with Crippen LogP contribution in [0.2, 0.25) is 5.02 Å². The van der Waals surface area contributed by atoms with Crippen LogP contribution in [-0.2, 0) is 11.3 Å². The topological polar surface area (TPSA) is 70.9 Å². The molecule has 0 fully saturated rings. The first kappa shape index (κ1) is 15.7. The zero-order valence-electron chi connectivity index (χ0n) is 13.5. The average Bonchev–Trinajstić information content (AvgIpc) is 3.02. The van der Waals surface area contributed by atoms with Crippen LogP contribution in [0.15, 0.2) is 30.3 Å². The van der Waals surface area contributed by atoms with Crippen LogP contribution >= 0.6 is 11.6 Å². The fourth-order valence-electron chi connectivity index (χ4n) is 2.88. The van der Waals surface area contributed by atoms with E-state index >= 15 is 0 Å². The zero-order chi connectivity index (χ0) is 17.4. The maximum Gasteiger partial charge on any atom is 0.189 e. The highest BCUT2D eigenvalue weighted by Crippen LogP contribution is 2.34. The van der Waals surface area contributed by atoms with Gasteiger partial charge in [0.1, 0.15) is 17.6 Å². The van der Waals surface area contributed by atoms with Crippen LogP contribution in [0.25, 0.3) is 22.7 Å². The fraction of sp³-hybridized carbons (Fsp3) is 0.158. The van der Waals surface area contributed by atoms with Crippen molar-refractivity contribution in [1.82, 2.24) is 9.97 Å². The van der Waals surface area contributed by atoms with Gasteiger partial charge in [-0.2, -0.15) is 5.26 Å². The highest BCUT2D eigenvalue weighted by Gasteiger charge is 2.17. The lowest BCUT2D eigenvalue weighted by Gasteiger charge is -2.20. The van der Waals surface area contributed by atoms with E-state index in [1.807, 2.05) is 31.2 Å². The molecule has 0 amide bonds. The molecule has 2 aromatic carbocycles. The molecule has 0 unspecified atom stereocenters. The van der Waals surface area contributed by atoms with E-state index in [1.165, 1.54) is 0 Å². The third-order valence-corrected chi connectivity index (χ3v) is 4.23. The Labute approximate surface area is 149 Å². The van der Waals surface area contributed by atoms with E-state index in [0.29, 0.717) is 28.8 Å². The molecule has 4 rings (SSSR count). The van der Waals surface area contributed by atoms with Crippen molar-refractivity contribution < 1.29 is 9.47 Å². The van der Waals surface area contributed by atoms with Crippen molar-refractivity contribution in [3.8, 4) is 11.8 Å². The number of allylic oxidation sites excluding steroid dienone is 1. The number of fused-ring (bicyclic) bond motifs is 2. The standard InChI is InChI=1S/C19H14ClN3O2/c1-11-2-3-16-17(4-11)23-19(22-16)13(8-21)5-12-6-15(20)7-14-9-24-10-25-18(12)14/h2-7H,9-10H2,1H3,(H,22,23)/b13-5-. The first-order chi connectivity index (χ1) is 12.1. The predicted molar refractivity (Wildman–Crippen MR) is 96.1 cm³/mol.